The normalized spacial score (nSPS) is 14.6. The Hall–Kier alpha value is -3.08. The van der Waals surface area contributed by atoms with Gasteiger partial charge in [-0.3, -0.25) is 9.59 Å². The van der Waals surface area contributed by atoms with E-state index in [0.29, 0.717) is 29.8 Å². The summed E-state index contributed by atoms with van der Waals surface area (Å²) in [7, 11) is 0. The summed E-state index contributed by atoms with van der Waals surface area (Å²) in [5.74, 6) is -0.950. The molecule has 0 unspecified atom stereocenters. The fourth-order valence-corrected chi connectivity index (χ4v) is 3.41. The van der Waals surface area contributed by atoms with Gasteiger partial charge in [0.15, 0.2) is 0 Å². The summed E-state index contributed by atoms with van der Waals surface area (Å²) >= 11 is 0. The lowest BCUT2D eigenvalue weighted by molar-refractivity contribution is -0.376. The first-order valence-corrected chi connectivity index (χ1v) is 8.94. The maximum Gasteiger partial charge on any atom is 0.430 e. The Morgan fingerprint density at radius 2 is 1.53 bits per heavy atom. The molecule has 0 spiro atoms. The average molecular weight is 462 g/mol. The van der Waals surface area contributed by atoms with Crippen LogP contribution in [0.4, 0.5) is 32.0 Å². The van der Waals surface area contributed by atoms with Crippen LogP contribution in [0.15, 0.2) is 42.5 Å². The molecule has 174 valence electrons. The molecule has 2 aromatic rings. The lowest BCUT2D eigenvalue weighted by Crippen LogP contribution is -2.53. The number of aliphatic hydroxyl groups is 1. The molecule has 0 radical (unpaired) electrons. The monoisotopic (exact) mass is 462 g/mol. The topological polar surface area (TPSA) is 83.6 Å². The van der Waals surface area contributed by atoms with Crippen LogP contribution in [-0.2, 0) is 23.4 Å². The van der Waals surface area contributed by atoms with Gasteiger partial charge < -0.3 is 15.7 Å². The third-order valence-corrected chi connectivity index (χ3v) is 5.10. The van der Waals surface area contributed by atoms with Crippen LogP contribution in [0.1, 0.15) is 40.9 Å². The van der Waals surface area contributed by atoms with Crippen LogP contribution in [-0.4, -0.2) is 29.3 Å². The van der Waals surface area contributed by atoms with Crippen molar-refractivity contribution in [1.82, 2.24) is 0 Å². The fraction of sp³-hybridized carbons (Fsp3) is 0.333. The van der Waals surface area contributed by atoms with Crippen molar-refractivity contribution in [2.45, 2.75) is 44.8 Å². The number of aryl methyl sites for hydroxylation is 1. The van der Waals surface area contributed by atoms with Gasteiger partial charge in [0.1, 0.15) is 0 Å². The third-order valence-electron chi connectivity index (χ3n) is 5.10. The number of primary amides is 1. The Kier molecular flexibility index (Phi) is 6.65. The van der Waals surface area contributed by atoms with Gasteiger partial charge in [0, 0.05) is 23.2 Å². The zero-order valence-corrected chi connectivity index (χ0v) is 15.7. The maximum atomic E-state index is 13.0. The van der Waals surface area contributed by atoms with E-state index in [4.69, 9.17) is 5.73 Å². The number of halogens is 6. The van der Waals surface area contributed by atoms with E-state index in [0.717, 1.165) is 12.1 Å². The summed E-state index contributed by atoms with van der Waals surface area (Å²) in [6.45, 7) is -0.126. The Morgan fingerprint density at radius 3 is 2.03 bits per heavy atom. The van der Waals surface area contributed by atoms with Crippen LogP contribution >= 0.6 is 0 Å². The predicted molar refractivity (Wildman–Crippen MR) is 104 cm³/mol. The molecule has 0 saturated carbocycles. The largest absolute Gasteiger partial charge is 0.430 e. The highest BCUT2D eigenvalue weighted by atomic mass is 19.4. The van der Waals surface area contributed by atoms with Crippen molar-refractivity contribution in [1.29, 1.82) is 0 Å². The number of fused-ring (bicyclic) bond motifs is 1. The van der Waals surface area contributed by atoms with Crippen LogP contribution in [0, 0.1) is 0 Å². The molecular formula is C21H20F6N2O3. The minimum Gasteiger partial charge on any atom is -0.369 e. The van der Waals surface area contributed by atoms with Gasteiger partial charge >= 0.3 is 12.4 Å². The first kappa shape index (κ1) is 25.2. The van der Waals surface area contributed by atoms with Crippen molar-refractivity contribution >= 4 is 17.5 Å². The SMILES string of the molecule is C.NC(=O)c1ccc2c(c1)CCC(=O)N2Cc1ccc(C(O)(C(F)(F)F)C(F)(F)F)cc1. The second kappa shape index (κ2) is 8.45. The standard InChI is InChI=1S/C20H16F6N2O3.CH4/c21-19(22,23)18(31,20(24,25)26)14-5-1-11(2-6-14)10-28-15-7-3-13(17(27)30)9-12(15)4-8-16(28)29;/h1-3,5-7,9,31H,4,8,10H2,(H2,27,30);1H4. The number of anilines is 1. The molecule has 0 aromatic heterocycles. The smallest absolute Gasteiger partial charge is 0.369 e. The van der Waals surface area contributed by atoms with Gasteiger partial charge in [0.05, 0.1) is 6.54 Å². The highest BCUT2D eigenvalue weighted by Crippen LogP contribution is 2.50. The fourth-order valence-electron chi connectivity index (χ4n) is 3.41. The molecular weight excluding hydrogens is 442 g/mol. The quantitative estimate of drug-likeness (QED) is 0.668. The number of benzene rings is 2. The summed E-state index contributed by atoms with van der Waals surface area (Å²) in [4.78, 5) is 25.0. The minimum absolute atomic E-state index is 0. The zero-order valence-electron chi connectivity index (χ0n) is 15.7. The van der Waals surface area contributed by atoms with E-state index in [-0.39, 0.29) is 37.4 Å². The minimum atomic E-state index is -5.98. The Bertz CT molecular complexity index is 1000. The Balaban J connectivity index is 0.00000363. The van der Waals surface area contributed by atoms with E-state index in [1.165, 1.54) is 23.1 Å². The van der Waals surface area contributed by atoms with Gasteiger partial charge in [0.25, 0.3) is 5.60 Å². The summed E-state index contributed by atoms with van der Waals surface area (Å²) in [6, 6.07) is 7.49. The van der Waals surface area contributed by atoms with E-state index in [9.17, 15) is 41.0 Å². The molecule has 11 heteroatoms. The van der Waals surface area contributed by atoms with E-state index >= 15 is 0 Å². The number of alkyl halides is 6. The number of rotatable bonds is 4. The van der Waals surface area contributed by atoms with Crippen molar-refractivity contribution in [2.75, 3.05) is 4.90 Å². The number of nitrogens with two attached hydrogens (primary N) is 1. The van der Waals surface area contributed by atoms with Crippen LogP contribution in [0.3, 0.4) is 0 Å². The highest BCUT2D eigenvalue weighted by Gasteiger charge is 2.71. The summed E-state index contributed by atoms with van der Waals surface area (Å²) in [6.07, 6.45) is -11.5. The second-order valence-electron chi connectivity index (χ2n) is 7.09. The summed E-state index contributed by atoms with van der Waals surface area (Å²) in [5.41, 5.74) is 0.465. The van der Waals surface area contributed by atoms with Gasteiger partial charge in [-0.15, -0.1) is 0 Å². The number of hydrogen-bond acceptors (Lipinski definition) is 3. The first-order chi connectivity index (χ1) is 14.3. The molecule has 0 atom stereocenters. The average Bonchev–Trinajstić information content (AvgIpc) is 2.68. The predicted octanol–water partition coefficient (Wildman–Crippen LogP) is 4.21. The van der Waals surface area contributed by atoms with Gasteiger partial charge in [-0.1, -0.05) is 31.7 Å². The lowest BCUT2D eigenvalue weighted by Gasteiger charge is -2.33. The van der Waals surface area contributed by atoms with Crippen molar-refractivity contribution in [2.24, 2.45) is 5.73 Å². The molecule has 0 bridgehead atoms. The van der Waals surface area contributed by atoms with Crippen molar-refractivity contribution in [3.05, 3.63) is 64.7 Å². The molecule has 3 rings (SSSR count). The van der Waals surface area contributed by atoms with Gasteiger partial charge in [-0.2, -0.15) is 26.3 Å². The number of carbonyl (C=O) groups is 2. The van der Waals surface area contributed by atoms with Gasteiger partial charge in [-0.05, 0) is 35.7 Å². The van der Waals surface area contributed by atoms with E-state index in [2.05, 4.69) is 0 Å². The molecule has 2 aromatic carbocycles. The number of nitrogens with zero attached hydrogens (tertiary/aromatic N) is 1. The van der Waals surface area contributed by atoms with Crippen LogP contribution in [0.5, 0.6) is 0 Å². The van der Waals surface area contributed by atoms with E-state index in [1.54, 1.807) is 0 Å². The molecule has 0 fully saturated rings. The zero-order chi connectivity index (χ0) is 23.2. The molecule has 2 amide bonds. The number of amides is 2. The van der Waals surface area contributed by atoms with Crippen LogP contribution in [0.2, 0.25) is 0 Å². The molecule has 3 N–H and O–H groups in total. The second-order valence-corrected chi connectivity index (χ2v) is 7.09. The number of hydrogen-bond donors (Lipinski definition) is 2. The third kappa shape index (κ3) is 4.29. The lowest BCUT2D eigenvalue weighted by atomic mass is 9.91. The molecule has 0 aliphatic carbocycles. The van der Waals surface area contributed by atoms with E-state index in [1.807, 2.05) is 0 Å². The molecule has 1 heterocycles. The highest BCUT2D eigenvalue weighted by molar-refractivity contribution is 5.98. The molecule has 0 saturated heterocycles. The van der Waals surface area contributed by atoms with Crippen LogP contribution in [0.25, 0.3) is 0 Å². The molecule has 1 aliphatic rings. The number of carbonyl (C=O) groups excluding carboxylic acids is 2. The Morgan fingerprint density at radius 1 is 0.969 bits per heavy atom. The molecule has 1 aliphatic heterocycles. The Labute approximate surface area is 179 Å². The van der Waals surface area contributed by atoms with Gasteiger partial charge in [0.2, 0.25) is 11.8 Å². The first-order valence-electron chi connectivity index (χ1n) is 8.94. The molecule has 32 heavy (non-hydrogen) atoms. The maximum absolute atomic E-state index is 13.0. The summed E-state index contributed by atoms with van der Waals surface area (Å²) < 4.78 is 78.1. The van der Waals surface area contributed by atoms with E-state index < -0.39 is 29.4 Å². The van der Waals surface area contributed by atoms with Crippen molar-refractivity contribution in [3.8, 4) is 0 Å². The van der Waals surface area contributed by atoms with Crippen molar-refractivity contribution in [3.63, 3.8) is 0 Å². The van der Waals surface area contributed by atoms with Crippen molar-refractivity contribution < 1.29 is 41.0 Å². The molecule has 5 nitrogen and oxygen atoms in total. The van der Waals surface area contributed by atoms with Crippen LogP contribution < -0.4 is 10.6 Å². The van der Waals surface area contributed by atoms with Gasteiger partial charge in [-0.25, -0.2) is 0 Å². The summed E-state index contributed by atoms with van der Waals surface area (Å²) in [5, 5.41) is 9.46.